The molecule has 2 aromatic heterocycles. The average molecular weight is 321 g/mol. The van der Waals surface area contributed by atoms with Gasteiger partial charge in [0, 0.05) is 12.2 Å². The molecule has 0 N–H and O–H groups in total. The van der Waals surface area contributed by atoms with Crippen LogP contribution in [0.25, 0.3) is 0 Å². The molecule has 1 aliphatic heterocycles. The molecule has 1 saturated heterocycles. The Morgan fingerprint density at radius 1 is 1.27 bits per heavy atom. The van der Waals surface area contributed by atoms with Crippen molar-refractivity contribution in [2.45, 2.75) is 44.6 Å². The minimum Gasteiger partial charge on any atom is -0.360 e. The van der Waals surface area contributed by atoms with Crippen molar-refractivity contribution in [1.82, 2.24) is 14.4 Å². The lowest BCUT2D eigenvalue weighted by Gasteiger charge is -2.23. The summed E-state index contributed by atoms with van der Waals surface area (Å²) in [6.45, 7) is 5.68. The van der Waals surface area contributed by atoms with Crippen LogP contribution in [-0.4, -0.2) is 29.4 Å². The summed E-state index contributed by atoms with van der Waals surface area (Å²) in [4.78, 5) is 4.69. The van der Waals surface area contributed by atoms with Crippen LogP contribution in [0.15, 0.2) is 27.6 Å². The summed E-state index contributed by atoms with van der Waals surface area (Å²) in [6, 6.07) is 5.49. The van der Waals surface area contributed by atoms with Gasteiger partial charge in [-0.1, -0.05) is 11.2 Å². The zero-order chi connectivity index (χ0) is 15.9. The fraction of sp³-hybridized carbons (Fsp3) is 0.467. The predicted octanol–water partition coefficient (Wildman–Crippen LogP) is 2.52. The van der Waals surface area contributed by atoms with Crippen molar-refractivity contribution < 1.29 is 12.9 Å². The summed E-state index contributed by atoms with van der Waals surface area (Å²) in [7, 11) is -3.63. The molecule has 3 rings (SSSR count). The Balaban J connectivity index is 2.03. The summed E-state index contributed by atoms with van der Waals surface area (Å²) < 4.78 is 32.6. The van der Waals surface area contributed by atoms with E-state index in [0.29, 0.717) is 18.0 Å². The topological polar surface area (TPSA) is 76.3 Å². The van der Waals surface area contributed by atoms with E-state index in [-0.39, 0.29) is 10.9 Å². The zero-order valence-corrected chi connectivity index (χ0v) is 13.7. The maximum Gasteiger partial charge on any atom is 0.249 e. The second-order valence-electron chi connectivity index (χ2n) is 5.63. The summed E-state index contributed by atoms with van der Waals surface area (Å²) in [6.07, 6.45) is 1.60. The Labute approximate surface area is 130 Å². The van der Waals surface area contributed by atoms with Gasteiger partial charge in [0.2, 0.25) is 10.0 Å². The molecule has 0 aliphatic carbocycles. The fourth-order valence-corrected chi connectivity index (χ4v) is 5.00. The highest BCUT2D eigenvalue weighted by Crippen LogP contribution is 2.37. The average Bonchev–Trinajstić information content (AvgIpc) is 3.06. The lowest BCUT2D eigenvalue weighted by molar-refractivity contribution is 0.381. The standard InChI is InChI=1S/C15H19N3O3S/c1-10-6-4-7-13(16-10)14-8-5-9-18(14)22(19,20)15-11(2)17-21-12(15)3/h4,6-7,14H,5,8-9H2,1-3H3/t14-/m1/s1. The third-order valence-electron chi connectivity index (χ3n) is 3.99. The third kappa shape index (κ3) is 2.44. The molecule has 1 aliphatic rings. The third-order valence-corrected chi connectivity index (χ3v) is 6.14. The molecule has 0 saturated carbocycles. The van der Waals surface area contributed by atoms with Crippen LogP contribution >= 0.6 is 0 Å². The molecule has 0 aromatic carbocycles. The Bertz CT molecular complexity index is 779. The van der Waals surface area contributed by atoms with Gasteiger partial charge in [0.1, 0.15) is 10.6 Å². The van der Waals surface area contributed by atoms with Crippen LogP contribution < -0.4 is 0 Å². The molecular weight excluding hydrogens is 302 g/mol. The van der Waals surface area contributed by atoms with Gasteiger partial charge in [-0.3, -0.25) is 4.98 Å². The Hall–Kier alpha value is -1.73. The lowest BCUT2D eigenvalue weighted by Crippen LogP contribution is -2.31. The monoisotopic (exact) mass is 321 g/mol. The number of nitrogens with zero attached hydrogens (tertiary/aromatic N) is 3. The van der Waals surface area contributed by atoms with E-state index in [1.165, 1.54) is 4.31 Å². The highest BCUT2D eigenvalue weighted by molar-refractivity contribution is 7.89. The van der Waals surface area contributed by atoms with Crippen molar-refractivity contribution in [1.29, 1.82) is 0 Å². The van der Waals surface area contributed by atoms with Gasteiger partial charge in [-0.15, -0.1) is 0 Å². The summed E-state index contributed by atoms with van der Waals surface area (Å²) in [5.41, 5.74) is 2.09. The highest BCUT2D eigenvalue weighted by atomic mass is 32.2. The quantitative estimate of drug-likeness (QED) is 0.868. The number of hydrogen-bond donors (Lipinski definition) is 0. The van der Waals surface area contributed by atoms with Crippen LogP contribution in [0.2, 0.25) is 0 Å². The first kappa shape index (κ1) is 15.2. The number of rotatable bonds is 3. The Kier molecular flexibility index (Phi) is 3.78. The van der Waals surface area contributed by atoms with E-state index in [4.69, 9.17) is 4.52 Å². The van der Waals surface area contributed by atoms with Gasteiger partial charge in [-0.2, -0.15) is 4.31 Å². The van der Waals surface area contributed by atoms with Gasteiger partial charge < -0.3 is 4.52 Å². The summed E-state index contributed by atoms with van der Waals surface area (Å²) in [5, 5.41) is 3.77. The molecular formula is C15H19N3O3S. The van der Waals surface area contributed by atoms with Gasteiger partial charge >= 0.3 is 0 Å². The summed E-state index contributed by atoms with van der Waals surface area (Å²) in [5.74, 6) is 0.334. The minimum atomic E-state index is -3.63. The maximum atomic E-state index is 13.0. The van der Waals surface area contributed by atoms with Crippen molar-refractivity contribution in [2.75, 3.05) is 6.54 Å². The SMILES string of the molecule is Cc1cccc([C@H]2CCCN2S(=O)(=O)c2c(C)noc2C)n1. The molecule has 1 atom stereocenters. The number of aromatic nitrogens is 2. The van der Waals surface area contributed by atoms with E-state index in [9.17, 15) is 8.42 Å². The largest absolute Gasteiger partial charge is 0.360 e. The number of pyridine rings is 1. The van der Waals surface area contributed by atoms with Gasteiger partial charge in [0.25, 0.3) is 0 Å². The van der Waals surface area contributed by atoms with Crippen LogP contribution in [0, 0.1) is 20.8 Å². The van der Waals surface area contributed by atoms with Crippen LogP contribution in [-0.2, 0) is 10.0 Å². The molecule has 0 radical (unpaired) electrons. The second kappa shape index (κ2) is 5.48. The Morgan fingerprint density at radius 2 is 2.05 bits per heavy atom. The number of aryl methyl sites for hydroxylation is 3. The fourth-order valence-electron chi connectivity index (χ4n) is 3.03. The first-order valence-electron chi connectivity index (χ1n) is 7.29. The number of hydrogen-bond acceptors (Lipinski definition) is 5. The minimum absolute atomic E-state index is 0.187. The second-order valence-corrected chi connectivity index (χ2v) is 7.46. The van der Waals surface area contributed by atoms with Crippen LogP contribution in [0.1, 0.15) is 41.7 Å². The first-order chi connectivity index (χ1) is 10.4. The van der Waals surface area contributed by atoms with E-state index in [0.717, 1.165) is 24.2 Å². The molecule has 3 heterocycles. The number of sulfonamides is 1. The molecule has 118 valence electrons. The van der Waals surface area contributed by atoms with Crippen molar-refractivity contribution in [3.63, 3.8) is 0 Å². The molecule has 6 nitrogen and oxygen atoms in total. The maximum absolute atomic E-state index is 13.0. The molecule has 0 unspecified atom stereocenters. The summed E-state index contributed by atoms with van der Waals surface area (Å²) >= 11 is 0. The molecule has 2 aromatic rings. The van der Waals surface area contributed by atoms with Crippen molar-refractivity contribution >= 4 is 10.0 Å². The van der Waals surface area contributed by atoms with E-state index < -0.39 is 10.0 Å². The van der Waals surface area contributed by atoms with Crippen molar-refractivity contribution in [3.8, 4) is 0 Å². The molecule has 22 heavy (non-hydrogen) atoms. The van der Waals surface area contributed by atoms with Crippen LogP contribution in [0.4, 0.5) is 0 Å². The Morgan fingerprint density at radius 3 is 2.68 bits per heavy atom. The first-order valence-corrected chi connectivity index (χ1v) is 8.73. The van der Waals surface area contributed by atoms with Crippen molar-refractivity contribution in [3.05, 3.63) is 41.0 Å². The molecule has 0 spiro atoms. The van der Waals surface area contributed by atoms with E-state index in [2.05, 4.69) is 10.1 Å². The molecule has 1 fully saturated rings. The van der Waals surface area contributed by atoms with E-state index >= 15 is 0 Å². The van der Waals surface area contributed by atoms with Crippen molar-refractivity contribution in [2.24, 2.45) is 0 Å². The molecule has 0 bridgehead atoms. The van der Waals surface area contributed by atoms with Gasteiger partial charge in [0.15, 0.2) is 5.76 Å². The smallest absolute Gasteiger partial charge is 0.249 e. The highest BCUT2D eigenvalue weighted by Gasteiger charge is 2.39. The van der Waals surface area contributed by atoms with Crippen LogP contribution in [0.3, 0.4) is 0 Å². The van der Waals surface area contributed by atoms with Crippen LogP contribution in [0.5, 0.6) is 0 Å². The van der Waals surface area contributed by atoms with Gasteiger partial charge in [-0.25, -0.2) is 8.42 Å². The molecule has 0 amide bonds. The van der Waals surface area contributed by atoms with E-state index in [1.54, 1.807) is 13.8 Å². The van der Waals surface area contributed by atoms with Gasteiger partial charge in [0.05, 0.1) is 11.7 Å². The zero-order valence-electron chi connectivity index (χ0n) is 12.9. The molecule has 7 heteroatoms. The van der Waals surface area contributed by atoms with Gasteiger partial charge in [-0.05, 0) is 45.7 Å². The normalized spacial score (nSPS) is 19.7. The van der Waals surface area contributed by atoms with E-state index in [1.807, 2.05) is 25.1 Å². The lowest BCUT2D eigenvalue weighted by atomic mass is 10.1. The predicted molar refractivity (Wildman–Crippen MR) is 80.8 cm³/mol.